The second kappa shape index (κ2) is 14.7. The van der Waals surface area contributed by atoms with E-state index in [2.05, 4.69) is 44.2 Å². The zero-order chi connectivity index (χ0) is 39.0. The zero-order valence-electron chi connectivity index (χ0n) is 31.6. The summed E-state index contributed by atoms with van der Waals surface area (Å²) in [6.45, 7) is 4.00. The molecule has 12 rings (SSSR count). The lowest BCUT2D eigenvalue weighted by atomic mass is 9.83. The first-order valence-corrected chi connectivity index (χ1v) is 19.2. The highest BCUT2D eigenvalue weighted by molar-refractivity contribution is 6.11. The van der Waals surface area contributed by atoms with Crippen LogP contribution in [-0.2, 0) is 0 Å². The van der Waals surface area contributed by atoms with Crippen LogP contribution in [0, 0.1) is 0 Å². The molecule has 4 aromatic heterocycles. The number of ether oxygens (including phenoxy) is 4. The number of fused-ring (bicyclic) bond motifs is 8. The predicted octanol–water partition coefficient (Wildman–Crippen LogP) is 12.4. The van der Waals surface area contributed by atoms with Gasteiger partial charge in [0.15, 0.2) is 23.0 Å². The van der Waals surface area contributed by atoms with Crippen molar-refractivity contribution in [3.8, 4) is 46.0 Å². The van der Waals surface area contributed by atoms with Crippen molar-refractivity contribution in [1.82, 2.24) is 19.9 Å². The van der Waals surface area contributed by atoms with Crippen molar-refractivity contribution < 1.29 is 18.9 Å². The van der Waals surface area contributed by atoms with Gasteiger partial charge in [-0.25, -0.2) is 0 Å². The van der Waals surface area contributed by atoms with Crippen LogP contribution in [0.25, 0.3) is 22.3 Å². The molecule has 0 fully saturated rings. The molecule has 4 aliphatic heterocycles. The van der Waals surface area contributed by atoms with Gasteiger partial charge in [-0.1, -0.05) is 86.6 Å². The molecule has 0 spiro atoms. The van der Waals surface area contributed by atoms with Crippen LogP contribution in [0.2, 0.25) is 0 Å². The number of pyridine rings is 4. The maximum atomic E-state index is 6.13. The van der Waals surface area contributed by atoms with Crippen LogP contribution in [0.3, 0.4) is 0 Å². The van der Waals surface area contributed by atoms with Crippen LogP contribution in [-0.4, -0.2) is 19.9 Å². The van der Waals surface area contributed by atoms with Gasteiger partial charge in [0.1, 0.15) is 23.0 Å². The summed E-state index contributed by atoms with van der Waals surface area (Å²) in [5.74, 6) is 6.31. The van der Waals surface area contributed by atoms with E-state index in [1.54, 1.807) is 49.6 Å². The van der Waals surface area contributed by atoms with Gasteiger partial charge in [0.25, 0.3) is 0 Å². The third-order valence-corrected chi connectivity index (χ3v) is 10.2. The summed E-state index contributed by atoms with van der Waals surface area (Å²) in [5.41, 5.74) is 12.7. The Morgan fingerprint density at radius 3 is 0.707 bits per heavy atom. The van der Waals surface area contributed by atoms with E-state index < -0.39 is 0 Å². The zero-order valence-corrected chi connectivity index (χ0v) is 31.6. The van der Waals surface area contributed by atoms with E-state index in [1.807, 2.05) is 111 Å². The van der Waals surface area contributed by atoms with Gasteiger partial charge in [0.2, 0.25) is 0 Å². The van der Waals surface area contributed by atoms with Crippen molar-refractivity contribution in [3.63, 3.8) is 0 Å². The minimum absolute atomic E-state index is 0.753. The third kappa shape index (κ3) is 5.78. The van der Waals surface area contributed by atoms with Gasteiger partial charge in [-0.2, -0.15) is 0 Å². The molecule has 8 heteroatoms. The predicted molar refractivity (Wildman–Crippen MR) is 224 cm³/mol. The molecule has 0 N–H and O–H groups in total. The van der Waals surface area contributed by atoms with E-state index in [0.29, 0.717) is 0 Å². The van der Waals surface area contributed by atoms with Crippen LogP contribution in [0.15, 0.2) is 171 Å². The Kier molecular flexibility index (Phi) is 8.76. The fraction of sp³-hybridized carbons (Fsp3) is 0.0400. The lowest BCUT2D eigenvalue weighted by Crippen LogP contribution is -2.09. The summed E-state index contributed by atoms with van der Waals surface area (Å²) in [6.07, 6.45) is 14.3. The summed E-state index contributed by atoms with van der Waals surface area (Å²) in [5, 5.41) is 0. The molecule has 4 aromatic carbocycles. The first-order valence-electron chi connectivity index (χ1n) is 19.2. The van der Waals surface area contributed by atoms with Crippen LogP contribution in [0.1, 0.15) is 58.4 Å². The molecule has 0 saturated heterocycles. The number of para-hydroxylation sites is 4. The van der Waals surface area contributed by atoms with E-state index in [0.717, 1.165) is 113 Å². The molecule has 0 aliphatic carbocycles. The Bertz CT molecular complexity index is 2370. The van der Waals surface area contributed by atoms with Crippen molar-refractivity contribution in [2.24, 2.45) is 0 Å². The lowest BCUT2D eigenvalue weighted by Gasteiger charge is -2.29. The largest absolute Gasteiger partial charge is 0.454 e. The molecule has 58 heavy (non-hydrogen) atoms. The average Bonchev–Trinajstić information content (AvgIpc) is 3.29. The summed E-state index contributed by atoms with van der Waals surface area (Å²) in [4.78, 5) is 17.0. The molecule has 0 bridgehead atoms. The summed E-state index contributed by atoms with van der Waals surface area (Å²) < 4.78 is 24.5. The van der Waals surface area contributed by atoms with E-state index in [-0.39, 0.29) is 0 Å². The van der Waals surface area contributed by atoms with Crippen molar-refractivity contribution in [2.45, 2.75) is 13.8 Å². The smallest absolute Gasteiger partial charge is 0.153 e. The second-order valence-electron chi connectivity index (χ2n) is 13.4. The molecule has 0 unspecified atom stereocenters. The third-order valence-electron chi connectivity index (χ3n) is 10.2. The van der Waals surface area contributed by atoms with Gasteiger partial charge in [-0.15, -0.1) is 0 Å². The highest BCUT2D eigenvalue weighted by Gasteiger charge is 2.32. The molecule has 8 aromatic rings. The standard InChI is InChI=1S/2C24H14N2O2.C2H6/c2*1-3-7-19-15(5-1)23(17-9-11-25-13-21(17)27-19)24-16-6-2-4-8-20(16)28-22-14-26-12-10-18(22)24;1-2/h2*1-14H;1-2H3/b24-23+;24-23-;. The molecular weight excluding hydrogens is 721 g/mol. The monoisotopic (exact) mass is 754 g/mol. The Hall–Kier alpha value is -7.84. The Morgan fingerprint density at radius 1 is 0.259 bits per heavy atom. The molecule has 0 amide bonds. The molecule has 278 valence electrons. The average molecular weight is 755 g/mol. The van der Waals surface area contributed by atoms with Gasteiger partial charge in [0, 0.05) is 91.6 Å². The van der Waals surface area contributed by atoms with Crippen LogP contribution < -0.4 is 18.9 Å². The molecule has 8 heterocycles. The number of benzene rings is 4. The van der Waals surface area contributed by atoms with Crippen molar-refractivity contribution in [3.05, 3.63) is 215 Å². The van der Waals surface area contributed by atoms with Crippen molar-refractivity contribution >= 4 is 22.3 Å². The second-order valence-corrected chi connectivity index (χ2v) is 13.4. The minimum atomic E-state index is 0.753. The fourth-order valence-electron chi connectivity index (χ4n) is 7.85. The molecule has 8 nitrogen and oxygen atoms in total. The number of rotatable bonds is 0. The summed E-state index contributed by atoms with van der Waals surface area (Å²) in [7, 11) is 0. The summed E-state index contributed by atoms with van der Waals surface area (Å²) in [6, 6.07) is 40.5. The van der Waals surface area contributed by atoms with Crippen LogP contribution in [0.5, 0.6) is 46.0 Å². The first-order chi connectivity index (χ1) is 28.8. The van der Waals surface area contributed by atoms with E-state index in [9.17, 15) is 0 Å². The number of hydrogen-bond donors (Lipinski definition) is 0. The molecule has 4 aliphatic rings. The molecule has 0 atom stereocenters. The molecular formula is C50H34N4O4. The molecule has 0 saturated carbocycles. The Labute approximate surface area is 335 Å². The van der Waals surface area contributed by atoms with E-state index in [4.69, 9.17) is 18.9 Å². The van der Waals surface area contributed by atoms with E-state index in [1.165, 1.54) is 0 Å². The Balaban J connectivity index is 0.000000135. The van der Waals surface area contributed by atoms with Gasteiger partial charge in [-0.3, -0.25) is 19.9 Å². The maximum Gasteiger partial charge on any atom is 0.153 e. The maximum absolute atomic E-state index is 6.13. The van der Waals surface area contributed by atoms with Crippen LogP contribution >= 0.6 is 0 Å². The van der Waals surface area contributed by atoms with Crippen LogP contribution in [0.4, 0.5) is 0 Å². The van der Waals surface area contributed by atoms with Gasteiger partial charge in [0.05, 0.1) is 24.8 Å². The van der Waals surface area contributed by atoms with E-state index >= 15 is 0 Å². The lowest BCUT2D eigenvalue weighted by molar-refractivity contribution is 0.469. The van der Waals surface area contributed by atoms with Gasteiger partial charge >= 0.3 is 0 Å². The topological polar surface area (TPSA) is 88.5 Å². The fourth-order valence-corrected chi connectivity index (χ4v) is 7.85. The quantitative estimate of drug-likeness (QED) is 0.151. The highest BCUT2D eigenvalue weighted by Crippen LogP contribution is 2.54. The van der Waals surface area contributed by atoms with Gasteiger partial charge < -0.3 is 18.9 Å². The van der Waals surface area contributed by atoms with Crippen molar-refractivity contribution in [1.29, 1.82) is 0 Å². The number of hydrogen-bond acceptors (Lipinski definition) is 8. The highest BCUT2D eigenvalue weighted by atomic mass is 16.5. The minimum Gasteiger partial charge on any atom is -0.454 e. The first kappa shape index (κ1) is 34.6. The van der Waals surface area contributed by atoms with Gasteiger partial charge in [-0.05, 0) is 48.5 Å². The normalized spacial score (nSPS) is 15.6. The Morgan fingerprint density at radius 2 is 0.466 bits per heavy atom. The van der Waals surface area contributed by atoms with Crippen molar-refractivity contribution in [2.75, 3.05) is 0 Å². The molecule has 0 radical (unpaired) electrons. The summed E-state index contributed by atoms with van der Waals surface area (Å²) >= 11 is 0. The number of nitrogens with zero attached hydrogens (tertiary/aromatic N) is 4. The number of aromatic nitrogens is 4. The SMILES string of the molecule is CC.c1ccc2c(c1)Oc1cnccc1/C2=C1/c2ccccc2Oc2cnccc21.c1ccc2c(c1)Oc1cnccc1/C2=C1\c2ccccc2Oc2cnccc21.